The Bertz CT molecular complexity index is 456. The quantitative estimate of drug-likeness (QED) is 0.669. The van der Waals surface area contributed by atoms with E-state index in [1.165, 1.54) is 19.2 Å². The van der Waals surface area contributed by atoms with Gasteiger partial charge in [-0.05, 0) is 30.5 Å². The van der Waals surface area contributed by atoms with Gasteiger partial charge in [0.1, 0.15) is 5.82 Å². The summed E-state index contributed by atoms with van der Waals surface area (Å²) >= 11 is 0. The molecule has 0 saturated heterocycles. The van der Waals surface area contributed by atoms with Crippen LogP contribution in [-0.4, -0.2) is 19.1 Å². The zero-order chi connectivity index (χ0) is 13.7. The molecule has 1 aliphatic carbocycles. The van der Waals surface area contributed by atoms with E-state index in [4.69, 9.17) is 4.74 Å². The van der Waals surface area contributed by atoms with Crippen LogP contribution in [0.4, 0.5) is 4.39 Å². The van der Waals surface area contributed by atoms with Crippen molar-refractivity contribution in [1.29, 1.82) is 0 Å². The van der Waals surface area contributed by atoms with Gasteiger partial charge in [-0.15, -0.1) is 0 Å². The van der Waals surface area contributed by atoms with Gasteiger partial charge >= 0.3 is 5.97 Å². The van der Waals surface area contributed by atoms with Crippen molar-refractivity contribution < 1.29 is 13.9 Å². The second-order valence-electron chi connectivity index (χ2n) is 4.67. The number of hydrogen-bond donors (Lipinski definition) is 1. The first-order valence-electron chi connectivity index (χ1n) is 6.43. The number of halogens is 1. The standard InChI is InChI=1S/C15H18FNO2/c1-19-15(18)13-4-2-3-5-14(13)17-10-11-6-8-12(16)9-7-11/h3,5-9,13-14,17H,2,4,10H2,1H3. The van der Waals surface area contributed by atoms with Crippen LogP contribution in [0.3, 0.4) is 0 Å². The summed E-state index contributed by atoms with van der Waals surface area (Å²) in [5.74, 6) is -0.565. The Hall–Kier alpha value is -1.68. The SMILES string of the molecule is COC(=O)C1CCC=CC1NCc1ccc(F)cc1. The summed E-state index contributed by atoms with van der Waals surface area (Å²) in [7, 11) is 1.41. The fourth-order valence-electron chi connectivity index (χ4n) is 2.30. The Morgan fingerprint density at radius 1 is 1.42 bits per heavy atom. The molecule has 0 radical (unpaired) electrons. The largest absolute Gasteiger partial charge is 0.469 e. The number of benzene rings is 1. The fraction of sp³-hybridized carbons (Fsp3) is 0.400. The smallest absolute Gasteiger partial charge is 0.310 e. The van der Waals surface area contributed by atoms with Crippen LogP contribution in [0.1, 0.15) is 18.4 Å². The molecule has 1 aromatic carbocycles. The molecule has 2 atom stereocenters. The van der Waals surface area contributed by atoms with Gasteiger partial charge in [0.05, 0.1) is 13.0 Å². The van der Waals surface area contributed by atoms with E-state index >= 15 is 0 Å². The van der Waals surface area contributed by atoms with Crippen molar-refractivity contribution >= 4 is 5.97 Å². The molecule has 1 N–H and O–H groups in total. The van der Waals surface area contributed by atoms with Crippen LogP contribution in [0.2, 0.25) is 0 Å². The van der Waals surface area contributed by atoms with Crippen LogP contribution in [0, 0.1) is 11.7 Å². The Morgan fingerprint density at radius 2 is 2.16 bits per heavy atom. The van der Waals surface area contributed by atoms with Gasteiger partial charge in [-0.3, -0.25) is 4.79 Å². The first kappa shape index (κ1) is 13.7. The molecule has 1 aromatic rings. The van der Waals surface area contributed by atoms with Gasteiger partial charge < -0.3 is 10.1 Å². The van der Waals surface area contributed by atoms with Gasteiger partial charge in [0, 0.05) is 12.6 Å². The third-order valence-electron chi connectivity index (χ3n) is 3.38. The van der Waals surface area contributed by atoms with Crippen LogP contribution >= 0.6 is 0 Å². The highest BCUT2D eigenvalue weighted by atomic mass is 19.1. The average Bonchev–Trinajstić information content (AvgIpc) is 2.46. The van der Waals surface area contributed by atoms with Gasteiger partial charge in [0.25, 0.3) is 0 Å². The molecule has 0 bridgehead atoms. The lowest BCUT2D eigenvalue weighted by Crippen LogP contribution is -2.40. The molecule has 0 saturated carbocycles. The molecule has 4 heteroatoms. The van der Waals surface area contributed by atoms with E-state index in [2.05, 4.69) is 11.4 Å². The second kappa shape index (κ2) is 6.48. The van der Waals surface area contributed by atoms with E-state index < -0.39 is 0 Å². The number of methoxy groups -OCH3 is 1. The van der Waals surface area contributed by atoms with E-state index in [1.54, 1.807) is 12.1 Å². The number of carbonyl (C=O) groups is 1. The van der Waals surface area contributed by atoms with Crippen molar-refractivity contribution in [2.75, 3.05) is 7.11 Å². The molecule has 3 nitrogen and oxygen atoms in total. The molecule has 1 aliphatic rings. The van der Waals surface area contributed by atoms with E-state index in [-0.39, 0.29) is 23.7 Å². The fourth-order valence-corrected chi connectivity index (χ4v) is 2.30. The minimum absolute atomic E-state index is 0.0220. The summed E-state index contributed by atoms with van der Waals surface area (Å²) in [6.07, 6.45) is 5.77. The highest BCUT2D eigenvalue weighted by molar-refractivity contribution is 5.73. The highest BCUT2D eigenvalue weighted by Crippen LogP contribution is 2.20. The number of nitrogens with one attached hydrogen (secondary N) is 1. The number of rotatable bonds is 4. The molecule has 19 heavy (non-hydrogen) atoms. The van der Waals surface area contributed by atoms with Gasteiger partial charge in [-0.1, -0.05) is 24.3 Å². The predicted molar refractivity (Wildman–Crippen MR) is 70.9 cm³/mol. The van der Waals surface area contributed by atoms with Crippen LogP contribution in [0.25, 0.3) is 0 Å². The molecule has 0 fully saturated rings. The van der Waals surface area contributed by atoms with E-state index in [0.717, 1.165) is 18.4 Å². The Labute approximate surface area is 112 Å². The van der Waals surface area contributed by atoms with E-state index in [1.807, 2.05) is 6.08 Å². The molecule has 2 unspecified atom stereocenters. The maximum Gasteiger partial charge on any atom is 0.310 e. The molecule has 2 rings (SSSR count). The van der Waals surface area contributed by atoms with Gasteiger partial charge in [-0.2, -0.15) is 0 Å². The lowest BCUT2D eigenvalue weighted by Gasteiger charge is -2.26. The molecule has 0 heterocycles. The van der Waals surface area contributed by atoms with Crippen molar-refractivity contribution in [3.63, 3.8) is 0 Å². The summed E-state index contributed by atoms with van der Waals surface area (Å²) in [6, 6.07) is 6.33. The predicted octanol–water partition coefficient (Wildman–Crippen LogP) is 2.42. The summed E-state index contributed by atoms with van der Waals surface area (Å²) in [5, 5.41) is 3.31. The van der Waals surface area contributed by atoms with Crippen molar-refractivity contribution in [3.8, 4) is 0 Å². The van der Waals surface area contributed by atoms with Crippen molar-refractivity contribution in [2.45, 2.75) is 25.4 Å². The molecular weight excluding hydrogens is 245 g/mol. The first-order chi connectivity index (χ1) is 9.20. The molecule has 0 aromatic heterocycles. The molecule has 0 amide bonds. The third-order valence-corrected chi connectivity index (χ3v) is 3.38. The number of allylic oxidation sites excluding steroid dienone is 1. The van der Waals surface area contributed by atoms with Crippen LogP contribution in [0.5, 0.6) is 0 Å². The Balaban J connectivity index is 1.96. The maximum atomic E-state index is 12.8. The van der Waals surface area contributed by atoms with Crippen molar-refractivity contribution in [1.82, 2.24) is 5.32 Å². The van der Waals surface area contributed by atoms with Crippen LogP contribution in [-0.2, 0) is 16.1 Å². The topological polar surface area (TPSA) is 38.3 Å². The number of hydrogen-bond acceptors (Lipinski definition) is 3. The van der Waals surface area contributed by atoms with E-state index in [9.17, 15) is 9.18 Å². The number of esters is 1. The molecule has 0 aliphatic heterocycles. The molecular formula is C15H18FNO2. The van der Waals surface area contributed by atoms with Gasteiger partial charge in [0.2, 0.25) is 0 Å². The Kier molecular flexibility index (Phi) is 4.68. The zero-order valence-corrected chi connectivity index (χ0v) is 10.9. The van der Waals surface area contributed by atoms with Crippen molar-refractivity contribution in [3.05, 3.63) is 47.8 Å². The second-order valence-corrected chi connectivity index (χ2v) is 4.67. The lowest BCUT2D eigenvalue weighted by molar-refractivity contribution is -0.146. The minimum Gasteiger partial charge on any atom is -0.469 e. The van der Waals surface area contributed by atoms with Crippen LogP contribution < -0.4 is 5.32 Å². The number of carbonyl (C=O) groups excluding carboxylic acids is 1. The summed E-state index contributed by atoms with van der Waals surface area (Å²) < 4.78 is 17.6. The minimum atomic E-state index is -0.242. The normalized spacial score (nSPS) is 22.2. The molecule has 102 valence electrons. The average molecular weight is 263 g/mol. The first-order valence-corrected chi connectivity index (χ1v) is 6.43. The highest BCUT2D eigenvalue weighted by Gasteiger charge is 2.28. The van der Waals surface area contributed by atoms with E-state index in [0.29, 0.717) is 6.54 Å². The van der Waals surface area contributed by atoms with Crippen LogP contribution in [0.15, 0.2) is 36.4 Å². The van der Waals surface area contributed by atoms with Gasteiger partial charge in [-0.25, -0.2) is 4.39 Å². The number of ether oxygens (including phenoxy) is 1. The maximum absolute atomic E-state index is 12.8. The third kappa shape index (κ3) is 3.64. The summed E-state index contributed by atoms with van der Waals surface area (Å²) in [5.41, 5.74) is 0.990. The zero-order valence-electron chi connectivity index (χ0n) is 10.9. The summed E-state index contributed by atoms with van der Waals surface area (Å²) in [6.45, 7) is 0.600. The van der Waals surface area contributed by atoms with Crippen molar-refractivity contribution in [2.24, 2.45) is 5.92 Å². The lowest BCUT2D eigenvalue weighted by atomic mass is 9.89. The summed E-state index contributed by atoms with van der Waals surface area (Å²) in [4.78, 5) is 11.7. The molecule has 0 spiro atoms. The monoisotopic (exact) mass is 263 g/mol. The Morgan fingerprint density at radius 3 is 2.84 bits per heavy atom. The van der Waals surface area contributed by atoms with Gasteiger partial charge in [0.15, 0.2) is 0 Å².